The van der Waals surface area contributed by atoms with Gasteiger partial charge in [-0.2, -0.15) is 0 Å². The molecule has 4 heteroatoms. The van der Waals surface area contributed by atoms with Crippen LogP contribution in [0, 0.1) is 5.82 Å². The fourth-order valence-electron chi connectivity index (χ4n) is 8.64. The highest BCUT2D eigenvalue weighted by atomic mass is 19.1. The maximum atomic E-state index is 14.1. The van der Waals surface area contributed by atoms with Crippen molar-refractivity contribution in [1.29, 1.82) is 0 Å². The number of anilines is 6. The summed E-state index contributed by atoms with van der Waals surface area (Å²) in [6.07, 6.45) is 0. The average Bonchev–Trinajstić information content (AvgIpc) is 3.59. The van der Waals surface area contributed by atoms with Gasteiger partial charge in [0.05, 0.1) is 22.4 Å². The van der Waals surface area contributed by atoms with Crippen molar-refractivity contribution < 1.29 is 4.39 Å². The van der Waals surface area contributed by atoms with Gasteiger partial charge in [0.25, 0.3) is 0 Å². The number of hydrogen-bond donors (Lipinski definition) is 0. The van der Waals surface area contributed by atoms with Crippen LogP contribution in [-0.2, 0) is 0 Å². The lowest BCUT2D eigenvalue weighted by Gasteiger charge is -2.35. The molecule has 0 saturated carbocycles. The van der Waals surface area contributed by atoms with Crippen molar-refractivity contribution in [3.63, 3.8) is 0 Å². The minimum atomic E-state index is -0.248. The first-order valence-corrected chi connectivity index (χ1v) is 19.0. The summed E-state index contributed by atoms with van der Waals surface area (Å²) >= 11 is 0. The Hall–Kier alpha value is -7.43. The fourth-order valence-corrected chi connectivity index (χ4v) is 8.64. The summed E-state index contributed by atoms with van der Waals surface area (Å²) in [5, 5.41) is 4.75. The molecule has 0 atom stereocenters. The van der Waals surface area contributed by atoms with Crippen LogP contribution in [0.5, 0.6) is 0 Å². The number of aromatic nitrogens is 1. The zero-order valence-electron chi connectivity index (χ0n) is 30.3. The maximum Gasteiger partial charge on any atom is 0.123 e. The summed E-state index contributed by atoms with van der Waals surface area (Å²) in [6.45, 7) is 0. The number of rotatable bonds is 6. The van der Waals surface area contributed by atoms with Gasteiger partial charge >= 0.3 is 0 Å². The van der Waals surface area contributed by atoms with Gasteiger partial charge in [-0.3, -0.25) is 0 Å². The maximum absolute atomic E-state index is 14.1. The van der Waals surface area contributed by atoms with E-state index in [0.717, 1.165) is 61.5 Å². The molecular formula is C52H34FN3. The molecule has 0 bridgehead atoms. The molecule has 0 amide bonds. The van der Waals surface area contributed by atoms with Gasteiger partial charge in [0, 0.05) is 50.2 Å². The van der Waals surface area contributed by atoms with Crippen molar-refractivity contribution in [2.75, 3.05) is 9.80 Å². The second-order valence-electron chi connectivity index (χ2n) is 14.3. The summed E-state index contributed by atoms with van der Waals surface area (Å²) in [6, 6.07) is 72.1. The van der Waals surface area contributed by atoms with E-state index in [-0.39, 0.29) is 5.82 Å². The van der Waals surface area contributed by atoms with Crippen LogP contribution in [0.1, 0.15) is 0 Å². The molecule has 3 nitrogen and oxygen atoms in total. The number of fused-ring (bicyclic) bond motifs is 5. The van der Waals surface area contributed by atoms with E-state index < -0.39 is 0 Å². The molecular weight excluding hydrogens is 686 g/mol. The minimum absolute atomic E-state index is 0.248. The first-order chi connectivity index (χ1) is 27.7. The van der Waals surface area contributed by atoms with Gasteiger partial charge in [0.2, 0.25) is 0 Å². The van der Waals surface area contributed by atoms with Gasteiger partial charge in [0.15, 0.2) is 0 Å². The zero-order valence-corrected chi connectivity index (χ0v) is 30.3. The van der Waals surface area contributed by atoms with Crippen molar-refractivity contribution in [3.05, 3.63) is 212 Å². The van der Waals surface area contributed by atoms with E-state index in [1.807, 2.05) is 12.1 Å². The van der Waals surface area contributed by atoms with Crippen LogP contribution in [0.2, 0.25) is 0 Å². The summed E-state index contributed by atoms with van der Waals surface area (Å²) in [5.74, 6) is -0.248. The minimum Gasteiger partial charge on any atom is -0.310 e. The molecule has 0 radical (unpaired) electrons. The number of hydrogen-bond acceptors (Lipinski definition) is 2. The average molecular weight is 720 g/mol. The van der Waals surface area contributed by atoms with Crippen molar-refractivity contribution in [2.45, 2.75) is 0 Å². The quantitative estimate of drug-likeness (QED) is 0.169. The van der Waals surface area contributed by atoms with Crippen LogP contribution < -0.4 is 9.80 Å². The molecule has 1 aromatic heterocycles. The van der Waals surface area contributed by atoms with Gasteiger partial charge in [0.1, 0.15) is 5.82 Å². The largest absolute Gasteiger partial charge is 0.310 e. The van der Waals surface area contributed by atoms with Gasteiger partial charge in [-0.1, -0.05) is 115 Å². The predicted octanol–water partition coefficient (Wildman–Crippen LogP) is 14.7. The van der Waals surface area contributed by atoms with Crippen LogP contribution in [0.4, 0.5) is 38.5 Å². The van der Waals surface area contributed by atoms with Crippen molar-refractivity contribution in [1.82, 2.24) is 4.57 Å². The summed E-state index contributed by atoms with van der Waals surface area (Å²) in [5.41, 5.74) is 14.4. The Bertz CT molecular complexity index is 3070. The van der Waals surface area contributed by atoms with Crippen molar-refractivity contribution in [3.8, 4) is 27.9 Å². The van der Waals surface area contributed by atoms with Crippen LogP contribution in [-0.4, -0.2) is 4.57 Å². The van der Waals surface area contributed by atoms with E-state index in [4.69, 9.17) is 0 Å². The molecule has 0 saturated heterocycles. The molecule has 0 unspecified atom stereocenters. The smallest absolute Gasteiger partial charge is 0.123 e. The van der Waals surface area contributed by atoms with Crippen LogP contribution in [0.15, 0.2) is 206 Å². The standard InChI is InChI=1S/C52H34FN3/c53-38-23-27-41(28-24-38)55-48-19-8-7-17-44(48)47-33-42(30-32-49(47)55)54(40-25-21-36(22-26-40)35-11-3-1-4-12-35)43-29-31-45-46-18-9-13-37-14-10-20-50(52(37)46)56(51(45)34-43)39-15-5-2-6-16-39/h1-34H. The highest BCUT2D eigenvalue weighted by Gasteiger charge is 2.27. The van der Waals surface area contributed by atoms with E-state index in [2.05, 4.69) is 196 Å². The lowest BCUT2D eigenvalue weighted by Crippen LogP contribution is -2.16. The lowest BCUT2D eigenvalue weighted by molar-refractivity contribution is 0.627. The molecule has 11 rings (SSSR count). The highest BCUT2D eigenvalue weighted by molar-refractivity contribution is 6.14. The number of para-hydroxylation sites is 2. The molecule has 10 aromatic rings. The van der Waals surface area contributed by atoms with Gasteiger partial charge in [-0.05, 0) is 113 Å². The van der Waals surface area contributed by atoms with E-state index in [1.54, 1.807) is 0 Å². The normalized spacial score (nSPS) is 12.0. The number of halogens is 1. The molecule has 56 heavy (non-hydrogen) atoms. The third-order valence-corrected chi connectivity index (χ3v) is 11.1. The van der Waals surface area contributed by atoms with Crippen LogP contribution in [0.25, 0.3) is 60.5 Å². The molecule has 0 aliphatic carbocycles. The second kappa shape index (κ2) is 12.9. The summed E-state index contributed by atoms with van der Waals surface area (Å²) in [4.78, 5) is 4.77. The number of benzene rings is 9. The highest BCUT2D eigenvalue weighted by Crippen LogP contribution is 2.52. The van der Waals surface area contributed by atoms with Crippen LogP contribution >= 0.6 is 0 Å². The number of nitrogens with zero attached hydrogens (tertiary/aromatic N) is 3. The van der Waals surface area contributed by atoms with Gasteiger partial charge in [-0.25, -0.2) is 4.39 Å². The first kappa shape index (κ1) is 32.0. The Kier molecular flexibility index (Phi) is 7.36. The third kappa shape index (κ3) is 5.11. The fraction of sp³-hybridized carbons (Fsp3) is 0. The van der Waals surface area contributed by atoms with Gasteiger partial charge < -0.3 is 14.4 Å². The molecule has 264 valence electrons. The Morgan fingerprint density at radius 1 is 0.393 bits per heavy atom. The van der Waals surface area contributed by atoms with E-state index in [1.165, 1.54) is 45.3 Å². The molecule has 0 fully saturated rings. The molecule has 0 N–H and O–H groups in total. The summed E-state index contributed by atoms with van der Waals surface area (Å²) < 4.78 is 16.3. The zero-order chi connectivity index (χ0) is 37.2. The topological polar surface area (TPSA) is 11.4 Å². The molecule has 0 spiro atoms. The Morgan fingerprint density at radius 2 is 1.04 bits per heavy atom. The molecule has 9 aromatic carbocycles. The summed E-state index contributed by atoms with van der Waals surface area (Å²) in [7, 11) is 0. The SMILES string of the molecule is Fc1ccc(-n2c3ccccc3c3cc(N(c4ccc(-c5ccccc5)cc4)c4ccc5c(c4)N(c4ccccc4)c4cccc6cccc-5c46)ccc32)cc1. The second-order valence-corrected chi connectivity index (χ2v) is 14.3. The Morgan fingerprint density at radius 3 is 1.84 bits per heavy atom. The predicted molar refractivity (Wildman–Crippen MR) is 232 cm³/mol. The molecule has 2 heterocycles. The molecule has 1 aliphatic rings. The van der Waals surface area contributed by atoms with E-state index >= 15 is 0 Å². The van der Waals surface area contributed by atoms with E-state index in [0.29, 0.717) is 0 Å². The van der Waals surface area contributed by atoms with E-state index in [9.17, 15) is 4.39 Å². The third-order valence-electron chi connectivity index (χ3n) is 11.1. The van der Waals surface area contributed by atoms with Crippen molar-refractivity contribution >= 4 is 66.7 Å². The van der Waals surface area contributed by atoms with Crippen molar-refractivity contribution in [2.24, 2.45) is 0 Å². The monoisotopic (exact) mass is 719 g/mol. The molecule has 1 aliphatic heterocycles. The van der Waals surface area contributed by atoms with Crippen LogP contribution in [0.3, 0.4) is 0 Å². The Balaban J connectivity index is 1.14. The Labute approximate surface area is 324 Å². The first-order valence-electron chi connectivity index (χ1n) is 19.0. The van der Waals surface area contributed by atoms with Gasteiger partial charge in [-0.15, -0.1) is 0 Å². The lowest BCUT2D eigenvalue weighted by atomic mass is 9.90.